The number of benzene rings is 1. The summed E-state index contributed by atoms with van der Waals surface area (Å²) in [7, 11) is 1.91. The zero-order valence-corrected chi connectivity index (χ0v) is 11.3. The molecule has 6 nitrogen and oxygen atoms in total. The smallest absolute Gasteiger partial charge is 0.231 e. The van der Waals surface area contributed by atoms with Crippen molar-refractivity contribution in [2.24, 2.45) is 12.8 Å². The van der Waals surface area contributed by atoms with Crippen LogP contribution in [0, 0.1) is 0 Å². The summed E-state index contributed by atoms with van der Waals surface area (Å²) in [6.45, 7) is 0.279. The highest BCUT2D eigenvalue weighted by molar-refractivity contribution is 7.99. The summed E-state index contributed by atoms with van der Waals surface area (Å²) in [5.74, 6) is 2.26. The van der Waals surface area contributed by atoms with Gasteiger partial charge in [0.1, 0.15) is 6.33 Å². The van der Waals surface area contributed by atoms with Crippen LogP contribution in [0.2, 0.25) is 0 Å². The molecule has 0 amide bonds. The number of aromatic nitrogens is 3. The molecule has 1 unspecified atom stereocenters. The van der Waals surface area contributed by atoms with E-state index in [1.165, 1.54) is 0 Å². The average Bonchev–Trinajstić information content (AvgIpc) is 3.03. The van der Waals surface area contributed by atoms with Crippen molar-refractivity contribution in [1.29, 1.82) is 0 Å². The Hall–Kier alpha value is -1.73. The van der Waals surface area contributed by atoms with Gasteiger partial charge < -0.3 is 19.8 Å². The normalized spacial score (nSPS) is 14.6. The molecule has 1 aromatic heterocycles. The lowest BCUT2D eigenvalue weighted by atomic mass is 10.1. The lowest BCUT2D eigenvalue weighted by Crippen LogP contribution is -2.13. The van der Waals surface area contributed by atoms with E-state index in [1.807, 2.05) is 29.8 Å². The van der Waals surface area contributed by atoms with Crippen molar-refractivity contribution in [3.63, 3.8) is 0 Å². The van der Waals surface area contributed by atoms with Crippen LogP contribution in [0.3, 0.4) is 0 Å². The number of hydrogen-bond donors (Lipinski definition) is 1. The van der Waals surface area contributed by atoms with E-state index < -0.39 is 0 Å². The van der Waals surface area contributed by atoms with Crippen molar-refractivity contribution in [3.05, 3.63) is 30.1 Å². The first-order chi connectivity index (χ1) is 9.24. The Morgan fingerprint density at radius 3 is 3.05 bits per heavy atom. The van der Waals surface area contributed by atoms with Gasteiger partial charge in [0, 0.05) is 18.8 Å². The summed E-state index contributed by atoms with van der Waals surface area (Å²) < 4.78 is 12.5. The molecule has 0 saturated carbocycles. The van der Waals surface area contributed by atoms with Crippen molar-refractivity contribution in [1.82, 2.24) is 14.8 Å². The Kier molecular flexibility index (Phi) is 3.31. The molecule has 0 bridgehead atoms. The fourth-order valence-electron chi connectivity index (χ4n) is 1.81. The molecule has 0 aliphatic carbocycles. The summed E-state index contributed by atoms with van der Waals surface area (Å²) in [4.78, 5) is 0. The van der Waals surface area contributed by atoms with Crippen LogP contribution < -0.4 is 15.2 Å². The molecule has 1 atom stereocenters. The van der Waals surface area contributed by atoms with Crippen LogP contribution in [-0.4, -0.2) is 27.3 Å². The maximum Gasteiger partial charge on any atom is 0.231 e. The second-order valence-corrected chi connectivity index (χ2v) is 5.24. The molecule has 7 heteroatoms. The van der Waals surface area contributed by atoms with Gasteiger partial charge in [0.2, 0.25) is 6.79 Å². The fourth-order valence-corrected chi connectivity index (χ4v) is 2.68. The van der Waals surface area contributed by atoms with Gasteiger partial charge in [-0.3, -0.25) is 0 Å². The van der Waals surface area contributed by atoms with Gasteiger partial charge in [-0.25, -0.2) is 0 Å². The molecule has 19 heavy (non-hydrogen) atoms. The van der Waals surface area contributed by atoms with Gasteiger partial charge in [0.25, 0.3) is 0 Å². The predicted octanol–water partition coefficient (Wildman–Crippen LogP) is 1.34. The molecular weight excluding hydrogens is 264 g/mol. The minimum Gasteiger partial charge on any atom is -0.454 e. The molecule has 1 aliphatic heterocycles. The molecule has 0 radical (unpaired) electrons. The number of nitrogens with zero attached hydrogens (tertiary/aromatic N) is 3. The summed E-state index contributed by atoms with van der Waals surface area (Å²) in [6, 6.07) is 5.71. The van der Waals surface area contributed by atoms with E-state index in [0.29, 0.717) is 0 Å². The van der Waals surface area contributed by atoms with Gasteiger partial charge in [-0.1, -0.05) is 17.8 Å². The number of thioether (sulfide) groups is 1. The number of rotatable bonds is 4. The minimum atomic E-state index is -0.0869. The van der Waals surface area contributed by atoms with Crippen LogP contribution in [-0.2, 0) is 7.05 Å². The Balaban J connectivity index is 1.67. The van der Waals surface area contributed by atoms with E-state index in [0.717, 1.165) is 28.0 Å². The Morgan fingerprint density at radius 1 is 1.42 bits per heavy atom. The fraction of sp³-hybridized carbons (Fsp3) is 0.333. The molecule has 2 aromatic rings. The number of fused-ring (bicyclic) bond motifs is 1. The van der Waals surface area contributed by atoms with Crippen LogP contribution in [0.4, 0.5) is 0 Å². The topological polar surface area (TPSA) is 75.2 Å². The summed E-state index contributed by atoms with van der Waals surface area (Å²) in [5.41, 5.74) is 7.21. The standard InChI is InChI=1S/C12H14N4O2S/c1-16-6-14-15-12(16)19-5-9(13)8-2-3-10-11(4-8)18-7-17-10/h2-4,6,9H,5,7,13H2,1H3. The van der Waals surface area contributed by atoms with Gasteiger partial charge in [0.15, 0.2) is 16.7 Å². The molecular formula is C12H14N4O2S. The molecule has 1 aromatic carbocycles. The van der Waals surface area contributed by atoms with E-state index >= 15 is 0 Å². The quantitative estimate of drug-likeness (QED) is 0.851. The van der Waals surface area contributed by atoms with Gasteiger partial charge in [-0.2, -0.15) is 0 Å². The zero-order chi connectivity index (χ0) is 13.2. The lowest BCUT2D eigenvalue weighted by molar-refractivity contribution is 0.174. The van der Waals surface area contributed by atoms with Crippen molar-refractivity contribution in [2.45, 2.75) is 11.2 Å². The van der Waals surface area contributed by atoms with Crippen LogP contribution in [0.1, 0.15) is 11.6 Å². The van der Waals surface area contributed by atoms with Crippen LogP contribution in [0.5, 0.6) is 11.5 Å². The molecule has 0 fully saturated rings. The summed E-state index contributed by atoms with van der Waals surface area (Å²) in [5, 5.41) is 8.71. The van der Waals surface area contributed by atoms with Crippen LogP contribution >= 0.6 is 11.8 Å². The largest absolute Gasteiger partial charge is 0.454 e. The molecule has 0 saturated heterocycles. The van der Waals surface area contributed by atoms with Gasteiger partial charge in [-0.15, -0.1) is 10.2 Å². The van der Waals surface area contributed by atoms with Gasteiger partial charge in [-0.05, 0) is 17.7 Å². The summed E-state index contributed by atoms with van der Waals surface area (Å²) in [6.07, 6.45) is 1.68. The SMILES string of the molecule is Cn1cnnc1SCC(N)c1ccc2c(c1)OCO2. The molecule has 2 heterocycles. The Morgan fingerprint density at radius 2 is 2.26 bits per heavy atom. The van der Waals surface area contributed by atoms with E-state index in [-0.39, 0.29) is 12.8 Å². The number of hydrogen-bond acceptors (Lipinski definition) is 6. The molecule has 3 rings (SSSR count). The maximum absolute atomic E-state index is 6.18. The highest BCUT2D eigenvalue weighted by Crippen LogP contribution is 2.34. The minimum absolute atomic E-state index is 0.0869. The Bertz CT molecular complexity index is 587. The lowest BCUT2D eigenvalue weighted by Gasteiger charge is -2.11. The Labute approximate surface area is 114 Å². The van der Waals surface area contributed by atoms with Crippen LogP contribution in [0.15, 0.2) is 29.7 Å². The first-order valence-electron chi connectivity index (χ1n) is 5.86. The van der Waals surface area contributed by atoms with E-state index in [1.54, 1.807) is 18.1 Å². The summed E-state index contributed by atoms with van der Waals surface area (Å²) >= 11 is 1.58. The third-order valence-electron chi connectivity index (χ3n) is 2.89. The van der Waals surface area contributed by atoms with Crippen LogP contribution in [0.25, 0.3) is 0 Å². The van der Waals surface area contributed by atoms with Crippen molar-refractivity contribution in [2.75, 3.05) is 12.5 Å². The molecule has 2 N–H and O–H groups in total. The zero-order valence-electron chi connectivity index (χ0n) is 10.4. The van der Waals surface area contributed by atoms with E-state index in [2.05, 4.69) is 10.2 Å². The average molecular weight is 278 g/mol. The third-order valence-corrected chi connectivity index (χ3v) is 4.04. The monoisotopic (exact) mass is 278 g/mol. The van der Waals surface area contributed by atoms with Gasteiger partial charge in [0.05, 0.1) is 0 Å². The third kappa shape index (κ3) is 2.52. The number of ether oxygens (including phenoxy) is 2. The van der Waals surface area contributed by atoms with E-state index in [9.17, 15) is 0 Å². The first kappa shape index (κ1) is 12.3. The second-order valence-electron chi connectivity index (χ2n) is 4.25. The molecule has 100 valence electrons. The second kappa shape index (κ2) is 5.10. The highest BCUT2D eigenvalue weighted by Gasteiger charge is 2.16. The number of nitrogens with two attached hydrogens (primary N) is 1. The molecule has 1 aliphatic rings. The van der Waals surface area contributed by atoms with Crippen molar-refractivity contribution < 1.29 is 9.47 Å². The highest BCUT2D eigenvalue weighted by atomic mass is 32.2. The van der Waals surface area contributed by atoms with Gasteiger partial charge >= 0.3 is 0 Å². The van der Waals surface area contributed by atoms with Crippen molar-refractivity contribution in [3.8, 4) is 11.5 Å². The predicted molar refractivity (Wildman–Crippen MR) is 71.2 cm³/mol. The van der Waals surface area contributed by atoms with Crippen molar-refractivity contribution >= 4 is 11.8 Å². The first-order valence-corrected chi connectivity index (χ1v) is 6.84. The molecule has 0 spiro atoms. The number of aryl methyl sites for hydroxylation is 1. The maximum atomic E-state index is 6.18. The van der Waals surface area contributed by atoms with E-state index in [4.69, 9.17) is 15.2 Å².